The lowest BCUT2D eigenvalue weighted by molar-refractivity contribution is 0.694. The van der Waals surface area contributed by atoms with E-state index >= 15 is 0 Å². The van der Waals surface area contributed by atoms with E-state index in [1.54, 1.807) is 0 Å². The molecule has 0 amide bonds. The van der Waals surface area contributed by atoms with Crippen molar-refractivity contribution < 1.29 is 0 Å². The maximum Gasteiger partial charge on any atom is 0.0438 e. The van der Waals surface area contributed by atoms with Gasteiger partial charge in [0.2, 0.25) is 0 Å². The Hall–Kier alpha value is -1.51. The molecular weight excluding hydrogens is 268 g/mol. The van der Waals surface area contributed by atoms with E-state index in [-0.39, 0.29) is 5.92 Å². The second kappa shape index (κ2) is 6.78. The fourth-order valence-corrected chi connectivity index (χ4v) is 2.54. The molecule has 2 aromatic rings. The number of nitrogens with two attached hydrogens (primary N) is 1. The standard InChI is InChI=1S/C17H21ClN2/c1-20(2)16-8-5-7-13(11-16)15(12-19)10-14-6-3-4-9-17(14)18/h3-9,11,15H,10,12,19H2,1-2H3. The summed E-state index contributed by atoms with van der Waals surface area (Å²) >= 11 is 6.25. The largest absolute Gasteiger partial charge is 0.378 e. The van der Waals surface area contributed by atoms with Gasteiger partial charge in [0, 0.05) is 30.7 Å². The minimum atomic E-state index is 0.287. The Balaban J connectivity index is 2.24. The lowest BCUT2D eigenvalue weighted by Crippen LogP contribution is -2.16. The molecule has 0 aliphatic rings. The molecule has 20 heavy (non-hydrogen) atoms. The molecule has 0 radical (unpaired) electrons. The fraction of sp³-hybridized carbons (Fsp3) is 0.294. The van der Waals surface area contributed by atoms with Crippen LogP contribution in [0.2, 0.25) is 5.02 Å². The van der Waals surface area contributed by atoms with Crippen molar-refractivity contribution in [1.82, 2.24) is 0 Å². The molecule has 0 saturated heterocycles. The van der Waals surface area contributed by atoms with Crippen LogP contribution in [-0.4, -0.2) is 20.6 Å². The Morgan fingerprint density at radius 3 is 2.50 bits per heavy atom. The zero-order chi connectivity index (χ0) is 14.5. The van der Waals surface area contributed by atoms with Crippen molar-refractivity contribution in [3.05, 3.63) is 64.7 Å². The molecule has 106 valence electrons. The van der Waals surface area contributed by atoms with Crippen molar-refractivity contribution in [1.29, 1.82) is 0 Å². The normalized spacial score (nSPS) is 12.2. The third-order valence-corrected chi connectivity index (χ3v) is 3.94. The van der Waals surface area contributed by atoms with Crippen LogP contribution in [0.15, 0.2) is 48.5 Å². The first-order chi connectivity index (χ1) is 9.61. The van der Waals surface area contributed by atoms with E-state index in [0.717, 1.165) is 17.0 Å². The summed E-state index contributed by atoms with van der Waals surface area (Å²) in [7, 11) is 4.09. The average molecular weight is 289 g/mol. The second-order valence-electron chi connectivity index (χ2n) is 5.22. The molecule has 0 bridgehead atoms. The Morgan fingerprint density at radius 2 is 1.85 bits per heavy atom. The second-order valence-corrected chi connectivity index (χ2v) is 5.62. The SMILES string of the molecule is CN(C)c1cccc(C(CN)Cc2ccccc2Cl)c1. The third-order valence-electron chi connectivity index (χ3n) is 3.57. The summed E-state index contributed by atoms with van der Waals surface area (Å²) in [6.07, 6.45) is 0.868. The molecule has 2 nitrogen and oxygen atoms in total. The molecule has 2 aromatic carbocycles. The van der Waals surface area contributed by atoms with Crippen LogP contribution in [-0.2, 0) is 6.42 Å². The number of hydrogen-bond acceptors (Lipinski definition) is 2. The maximum absolute atomic E-state index is 6.25. The highest BCUT2D eigenvalue weighted by Gasteiger charge is 2.13. The lowest BCUT2D eigenvalue weighted by atomic mass is 9.91. The summed E-state index contributed by atoms with van der Waals surface area (Å²) in [6, 6.07) is 16.5. The summed E-state index contributed by atoms with van der Waals surface area (Å²) in [5, 5.41) is 0.815. The number of anilines is 1. The molecule has 0 aliphatic carbocycles. The summed E-state index contributed by atoms with van der Waals surface area (Å²) in [5.74, 6) is 0.287. The van der Waals surface area contributed by atoms with Crippen molar-refractivity contribution in [2.45, 2.75) is 12.3 Å². The number of benzene rings is 2. The Labute approximate surface area is 126 Å². The summed E-state index contributed by atoms with van der Waals surface area (Å²) in [4.78, 5) is 2.10. The van der Waals surface area contributed by atoms with Gasteiger partial charge < -0.3 is 10.6 Å². The van der Waals surface area contributed by atoms with Gasteiger partial charge in [0.05, 0.1) is 0 Å². The van der Waals surface area contributed by atoms with Crippen molar-refractivity contribution in [2.24, 2.45) is 5.73 Å². The highest BCUT2D eigenvalue weighted by molar-refractivity contribution is 6.31. The Bertz CT molecular complexity index is 566. The van der Waals surface area contributed by atoms with Crippen LogP contribution < -0.4 is 10.6 Å². The van der Waals surface area contributed by atoms with Crippen LogP contribution in [0.4, 0.5) is 5.69 Å². The van der Waals surface area contributed by atoms with Gasteiger partial charge in [0.25, 0.3) is 0 Å². The van der Waals surface area contributed by atoms with Crippen LogP contribution in [0.25, 0.3) is 0 Å². The van der Waals surface area contributed by atoms with Crippen molar-refractivity contribution in [2.75, 3.05) is 25.5 Å². The monoisotopic (exact) mass is 288 g/mol. The highest BCUT2D eigenvalue weighted by atomic mass is 35.5. The molecular formula is C17H21ClN2. The van der Waals surface area contributed by atoms with Crippen molar-refractivity contribution in [3.8, 4) is 0 Å². The first-order valence-corrected chi connectivity index (χ1v) is 7.20. The quantitative estimate of drug-likeness (QED) is 0.909. The van der Waals surface area contributed by atoms with E-state index in [9.17, 15) is 0 Å². The van der Waals surface area contributed by atoms with E-state index in [1.807, 2.05) is 32.3 Å². The first-order valence-electron chi connectivity index (χ1n) is 6.82. The van der Waals surface area contributed by atoms with Gasteiger partial charge in [-0.25, -0.2) is 0 Å². The topological polar surface area (TPSA) is 29.3 Å². The van der Waals surface area contributed by atoms with Crippen LogP contribution in [0.3, 0.4) is 0 Å². The zero-order valence-electron chi connectivity index (χ0n) is 12.0. The molecule has 3 heteroatoms. The summed E-state index contributed by atoms with van der Waals surface area (Å²) in [6.45, 7) is 0.613. The van der Waals surface area contributed by atoms with Gasteiger partial charge in [-0.1, -0.05) is 41.9 Å². The molecule has 0 saturated carbocycles. The Kier molecular flexibility index (Phi) is 5.05. The number of hydrogen-bond donors (Lipinski definition) is 1. The predicted molar refractivity (Wildman–Crippen MR) is 87.7 cm³/mol. The Morgan fingerprint density at radius 1 is 1.10 bits per heavy atom. The van der Waals surface area contributed by atoms with E-state index in [1.165, 1.54) is 11.3 Å². The molecule has 1 atom stereocenters. The molecule has 0 aliphatic heterocycles. The van der Waals surface area contributed by atoms with E-state index < -0.39 is 0 Å². The average Bonchev–Trinajstić information content (AvgIpc) is 2.46. The predicted octanol–water partition coefficient (Wildman–Crippen LogP) is 3.69. The zero-order valence-corrected chi connectivity index (χ0v) is 12.8. The van der Waals surface area contributed by atoms with Crippen LogP contribution in [0, 0.1) is 0 Å². The fourth-order valence-electron chi connectivity index (χ4n) is 2.32. The van der Waals surface area contributed by atoms with E-state index in [4.69, 9.17) is 17.3 Å². The van der Waals surface area contributed by atoms with Gasteiger partial charge >= 0.3 is 0 Å². The van der Waals surface area contributed by atoms with Crippen LogP contribution in [0.5, 0.6) is 0 Å². The smallest absolute Gasteiger partial charge is 0.0438 e. The minimum Gasteiger partial charge on any atom is -0.378 e. The van der Waals surface area contributed by atoms with Crippen LogP contribution >= 0.6 is 11.6 Å². The first kappa shape index (κ1) is 14.9. The van der Waals surface area contributed by atoms with E-state index in [0.29, 0.717) is 6.54 Å². The lowest BCUT2D eigenvalue weighted by Gasteiger charge is -2.19. The van der Waals surface area contributed by atoms with Gasteiger partial charge in [-0.2, -0.15) is 0 Å². The van der Waals surface area contributed by atoms with Crippen molar-refractivity contribution in [3.63, 3.8) is 0 Å². The number of rotatable bonds is 5. The molecule has 2 rings (SSSR count). The summed E-state index contributed by atoms with van der Waals surface area (Å²) < 4.78 is 0. The minimum absolute atomic E-state index is 0.287. The number of nitrogens with zero attached hydrogens (tertiary/aromatic N) is 1. The van der Waals surface area contributed by atoms with Gasteiger partial charge in [-0.15, -0.1) is 0 Å². The van der Waals surface area contributed by atoms with Gasteiger partial charge in [-0.3, -0.25) is 0 Å². The molecule has 0 aromatic heterocycles. The van der Waals surface area contributed by atoms with Gasteiger partial charge in [0.15, 0.2) is 0 Å². The molecule has 0 spiro atoms. The van der Waals surface area contributed by atoms with E-state index in [2.05, 4.69) is 35.2 Å². The molecule has 2 N–H and O–H groups in total. The molecule has 1 unspecified atom stereocenters. The third kappa shape index (κ3) is 3.53. The van der Waals surface area contributed by atoms with Gasteiger partial charge in [0.1, 0.15) is 0 Å². The van der Waals surface area contributed by atoms with Crippen LogP contribution in [0.1, 0.15) is 17.0 Å². The van der Waals surface area contributed by atoms with Crippen molar-refractivity contribution >= 4 is 17.3 Å². The molecule has 0 heterocycles. The van der Waals surface area contributed by atoms with Gasteiger partial charge in [-0.05, 0) is 42.3 Å². The molecule has 0 fully saturated rings. The highest BCUT2D eigenvalue weighted by Crippen LogP contribution is 2.26. The summed E-state index contributed by atoms with van der Waals surface area (Å²) in [5.41, 5.74) is 9.58. The maximum atomic E-state index is 6.25. The number of halogens is 1.